The van der Waals surface area contributed by atoms with Gasteiger partial charge in [-0.3, -0.25) is 33.6 Å². The third kappa shape index (κ3) is 4.75. The first-order valence-electron chi connectivity index (χ1n) is 10.6. The van der Waals surface area contributed by atoms with E-state index in [2.05, 4.69) is 4.98 Å². The number of hydrogen-bond acceptors (Lipinski definition) is 8. The minimum atomic E-state index is -2.19. The second kappa shape index (κ2) is 9.20. The van der Waals surface area contributed by atoms with Crippen molar-refractivity contribution in [1.82, 2.24) is 14.5 Å². The summed E-state index contributed by atoms with van der Waals surface area (Å²) in [5.41, 5.74) is -2.30. The fourth-order valence-electron chi connectivity index (χ4n) is 3.84. The number of amides is 2. The van der Waals surface area contributed by atoms with Gasteiger partial charge in [0.1, 0.15) is 6.61 Å². The van der Waals surface area contributed by atoms with Crippen molar-refractivity contribution in [1.29, 1.82) is 0 Å². The number of esters is 1. The van der Waals surface area contributed by atoms with Gasteiger partial charge in [-0.15, -0.1) is 0 Å². The lowest BCUT2D eigenvalue weighted by Gasteiger charge is -2.23. The Kier molecular flexibility index (Phi) is 6.31. The van der Waals surface area contributed by atoms with Crippen LogP contribution in [-0.2, 0) is 30.5 Å². The summed E-state index contributed by atoms with van der Waals surface area (Å²) in [7, 11) is 0. The summed E-state index contributed by atoms with van der Waals surface area (Å²) in [6, 6.07) is 8.91. The van der Waals surface area contributed by atoms with E-state index in [0.29, 0.717) is 5.56 Å². The van der Waals surface area contributed by atoms with E-state index < -0.39 is 59.8 Å². The molecule has 0 radical (unpaired) electrons. The molecule has 2 amide bonds. The number of likely N-dealkylation sites (tertiary alicyclic amines) is 1. The fourth-order valence-corrected chi connectivity index (χ4v) is 3.84. The first-order chi connectivity index (χ1) is 16.2. The number of benzene rings is 1. The van der Waals surface area contributed by atoms with Gasteiger partial charge in [0, 0.05) is 11.8 Å². The molecule has 1 aromatic heterocycles. The first kappa shape index (κ1) is 23.3. The standard InChI is InChI=1S/C23H23N3O8/c1-14-11-26(22(31)24-20(14)29)18-8-7-16(34-18)12-25-17(27)9-23(32,21(25)30)10-19(28)33-13-15-5-3-2-4-6-15/h2-8,11,16,18,32H,9-10,12-13H2,1H3,(H,24,29,31)/t16-,18+,23?/m0/s1. The summed E-state index contributed by atoms with van der Waals surface area (Å²) in [6.07, 6.45) is 1.69. The van der Waals surface area contributed by atoms with Crippen LogP contribution in [-0.4, -0.2) is 55.6 Å². The molecule has 11 nitrogen and oxygen atoms in total. The Labute approximate surface area is 193 Å². The number of carbonyl (C=O) groups is 3. The maximum absolute atomic E-state index is 12.8. The van der Waals surface area contributed by atoms with Crippen molar-refractivity contribution >= 4 is 17.8 Å². The van der Waals surface area contributed by atoms with Gasteiger partial charge in [0.2, 0.25) is 5.91 Å². The number of aromatic nitrogens is 2. The highest BCUT2D eigenvalue weighted by Gasteiger charge is 2.52. The zero-order valence-corrected chi connectivity index (χ0v) is 18.3. The Morgan fingerprint density at radius 3 is 2.68 bits per heavy atom. The summed E-state index contributed by atoms with van der Waals surface area (Å²) >= 11 is 0. The average molecular weight is 469 g/mol. The number of nitrogens with one attached hydrogen (secondary N) is 1. The number of hydrogen-bond donors (Lipinski definition) is 2. The Morgan fingerprint density at radius 1 is 1.21 bits per heavy atom. The summed E-state index contributed by atoms with van der Waals surface area (Å²) in [4.78, 5) is 64.1. The van der Waals surface area contributed by atoms with Crippen LogP contribution in [0.25, 0.3) is 0 Å². The molecule has 0 aliphatic carbocycles. The molecule has 4 rings (SSSR count). The Bertz CT molecular complexity index is 1260. The Hall–Kier alpha value is -3.83. The van der Waals surface area contributed by atoms with Crippen LogP contribution in [0.3, 0.4) is 0 Å². The van der Waals surface area contributed by atoms with Crippen molar-refractivity contribution in [2.45, 2.75) is 44.3 Å². The van der Waals surface area contributed by atoms with Gasteiger partial charge in [-0.2, -0.15) is 0 Å². The molecule has 2 N–H and O–H groups in total. The molecule has 3 heterocycles. The van der Waals surface area contributed by atoms with E-state index in [1.807, 2.05) is 6.07 Å². The maximum atomic E-state index is 12.8. The lowest BCUT2D eigenvalue weighted by atomic mass is 9.98. The normalized spacial score (nSPS) is 24.1. The third-order valence-electron chi connectivity index (χ3n) is 5.65. The van der Waals surface area contributed by atoms with Gasteiger partial charge in [-0.25, -0.2) is 4.79 Å². The molecule has 2 aliphatic heterocycles. The van der Waals surface area contributed by atoms with Crippen molar-refractivity contribution in [2.24, 2.45) is 0 Å². The molecular formula is C23H23N3O8. The molecule has 0 bridgehead atoms. The highest BCUT2D eigenvalue weighted by molar-refractivity contribution is 6.08. The summed E-state index contributed by atoms with van der Waals surface area (Å²) in [6.45, 7) is 1.31. The van der Waals surface area contributed by atoms with E-state index in [0.717, 1.165) is 10.5 Å². The molecule has 178 valence electrons. The van der Waals surface area contributed by atoms with Gasteiger partial charge in [0.05, 0.1) is 25.5 Å². The van der Waals surface area contributed by atoms with Crippen LogP contribution in [0.1, 0.15) is 30.2 Å². The highest BCUT2D eigenvalue weighted by atomic mass is 16.5. The molecule has 0 saturated carbocycles. The van der Waals surface area contributed by atoms with Crippen LogP contribution < -0.4 is 11.2 Å². The van der Waals surface area contributed by atoms with Crippen molar-refractivity contribution in [2.75, 3.05) is 6.54 Å². The van der Waals surface area contributed by atoms with Crippen LogP contribution in [0.2, 0.25) is 0 Å². The van der Waals surface area contributed by atoms with Crippen LogP contribution in [0.15, 0.2) is 58.3 Å². The van der Waals surface area contributed by atoms with Gasteiger partial charge < -0.3 is 14.6 Å². The number of ether oxygens (including phenoxy) is 2. The van der Waals surface area contributed by atoms with E-state index in [1.54, 1.807) is 36.4 Å². The van der Waals surface area contributed by atoms with Gasteiger partial charge in [0.15, 0.2) is 11.8 Å². The number of aryl methyl sites for hydroxylation is 1. The van der Waals surface area contributed by atoms with Crippen molar-refractivity contribution < 1.29 is 29.0 Å². The summed E-state index contributed by atoms with van der Waals surface area (Å²) in [5, 5.41) is 10.7. The van der Waals surface area contributed by atoms with Gasteiger partial charge in [-0.1, -0.05) is 36.4 Å². The zero-order chi connectivity index (χ0) is 24.5. The minimum absolute atomic E-state index is 0.0205. The average Bonchev–Trinajstić information content (AvgIpc) is 3.34. The second-order valence-electron chi connectivity index (χ2n) is 8.27. The molecule has 2 aliphatic rings. The second-order valence-corrected chi connectivity index (χ2v) is 8.27. The smallest absolute Gasteiger partial charge is 0.330 e. The van der Waals surface area contributed by atoms with Crippen molar-refractivity contribution in [3.05, 3.63) is 80.6 Å². The number of imide groups is 1. The van der Waals surface area contributed by atoms with Gasteiger partial charge in [0.25, 0.3) is 11.5 Å². The zero-order valence-electron chi connectivity index (χ0n) is 18.3. The van der Waals surface area contributed by atoms with E-state index >= 15 is 0 Å². The topological polar surface area (TPSA) is 148 Å². The number of carbonyl (C=O) groups excluding carboxylic acids is 3. The quantitative estimate of drug-likeness (QED) is 0.325. The number of aliphatic hydroxyl groups is 1. The van der Waals surface area contributed by atoms with E-state index in [1.165, 1.54) is 17.7 Å². The molecule has 1 aromatic carbocycles. The molecule has 11 heteroatoms. The number of nitrogens with zero attached hydrogens (tertiary/aromatic N) is 2. The highest BCUT2D eigenvalue weighted by Crippen LogP contribution is 2.30. The monoisotopic (exact) mass is 469 g/mol. The van der Waals surface area contributed by atoms with Crippen LogP contribution in [0.4, 0.5) is 0 Å². The van der Waals surface area contributed by atoms with Crippen LogP contribution >= 0.6 is 0 Å². The SMILES string of the molecule is Cc1cn([C@H]2C=C[C@@H](CN3C(=O)CC(O)(CC(=O)OCc4ccccc4)C3=O)O2)c(=O)[nH]c1=O. The molecule has 2 aromatic rings. The van der Waals surface area contributed by atoms with E-state index in [9.17, 15) is 29.1 Å². The van der Waals surface area contributed by atoms with E-state index in [-0.39, 0.29) is 13.2 Å². The molecular weight excluding hydrogens is 446 g/mol. The van der Waals surface area contributed by atoms with Gasteiger partial charge in [-0.05, 0) is 18.6 Å². The van der Waals surface area contributed by atoms with Crippen molar-refractivity contribution in [3.8, 4) is 0 Å². The third-order valence-corrected chi connectivity index (χ3v) is 5.65. The Balaban J connectivity index is 1.36. The molecule has 1 fully saturated rings. The summed E-state index contributed by atoms with van der Waals surface area (Å²) in [5.74, 6) is -2.37. The lowest BCUT2D eigenvalue weighted by molar-refractivity contribution is -0.158. The minimum Gasteiger partial charge on any atom is -0.461 e. The molecule has 0 spiro atoms. The molecule has 1 unspecified atom stereocenters. The predicted octanol–water partition coefficient (Wildman–Crippen LogP) is -0.0779. The largest absolute Gasteiger partial charge is 0.461 e. The maximum Gasteiger partial charge on any atom is 0.330 e. The fraction of sp³-hybridized carbons (Fsp3) is 0.348. The summed E-state index contributed by atoms with van der Waals surface area (Å²) < 4.78 is 12.0. The number of aromatic amines is 1. The van der Waals surface area contributed by atoms with Crippen molar-refractivity contribution in [3.63, 3.8) is 0 Å². The first-order valence-corrected chi connectivity index (χ1v) is 10.6. The predicted molar refractivity (Wildman–Crippen MR) is 116 cm³/mol. The molecule has 34 heavy (non-hydrogen) atoms. The van der Waals surface area contributed by atoms with Crippen LogP contribution in [0.5, 0.6) is 0 Å². The van der Waals surface area contributed by atoms with Gasteiger partial charge >= 0.3 is 11.7 Å². The number of rotatable bonds is 7. The molecule has 1 saturated heterocycles. The number of H-pyrrole nitrogens is 1. The lowest BCUT2D eigenvalue weighted by Crippen LogP contribution is -2.44. The van der Waals surface area contributed by atoms with E-state index in [4.69, 9.17) is 9.47 Å². The Morgan fingerprint density at radius 2 is 1.94 bits per heavy atom. The molecule has 3 atom stereocenters. The van der Waals surface area contributed by atoms with Crippen LogP contribution in [0, 0.1) is 6.92 Å².